The lowest BCUT2D eigenvalue weighted by atomic mass is 9.91. The van der Waals surface area contributed by atoms with Crippen LogP contribution in [0.15, 0.2) is 0 Å². The molecule has 5 heteroatoms. The number of carbonyl (C=O) groups excluding carboxylic acids is 1. The summed E-state index contributed by atoms with van der Waals surface area (Å²) < 4.78 is 24.4. The van der Waals surface area contributed by atoms with Gasteiger partial charge in [0.25, 0.3) is 0 Å². The Morgan fingerprint density at radius 2 is 1.70 bits per heavy atom. The summed E-state index contributed by atoms with van der Waals surface area (Å²) in [5.74, 6) is 0.575. The van der Waals surface area contributed by atoms with Crippen molar-refractivity contribution in [3.63, 3.8) is 0 Å². The van der Waals surface area contributed by atoms with Crippen molar-refractivity contribution >= 4 is 15.7 Å². The first-order valence-electron chi connectivity index (χ1n) is 7.50. The SMILES string of the molecule is CC(C)CS(=O)(=O)C1CCN(C(=O)CC(C)(C)C)CC1. The van der Waals surface area contributed by atoms with Crippen molar-refractivity contribution in [2.75, 3.05) is 18.8 Å². The molecule has 1 saturated heterocycles. The summed E-state index contributed by atoms with van der Waals surface area (Å²) in [6, 6.07) is 0. The van der Waals surface area contributed by atoms with Gasteiger partial charge in [0, 0.05) is 19.5 Å². The first kappa shape index (κ1) is 17.5. The van der Waals surface area contributed by atoms with Crippen LogP contribution in [-0.4, -0.2) is 43.3 Å². The van der Waals surface area contributed by atoms with Crippen molar-refractivity contribution in [1.82, 2.24) is 4.90 Å². The topological polar surface area (TPSA) is 54.5 Å². The number of nitrogens with zero attached hydrogens (tertiary/aromatic N) is 1. The molecule has 0 aromatic heterocycles. The van der Waals surface area contributed by atoms with Gasteiger partial charge < -0.3 is 4.90 Å². The van der Waals surface area contributed by atoms with Crippen molar-refractivity contribution < 1.29 is 13.2 Å². The average Bonchev–Trinajstić information content (AvgIpc) is 2.25. The Balaban J connectivity index is 2.54. The highest BCUT2D eigenvalue weighted by Crippen LogP contribution is 2.24. The van der Waals surface area contributed by atoms with Gasteiger partial charge in [-0.25, -0.2) is 8.42 Å². The van der Waals surface area contributed by atoms with Gasteiger partial charge in [-0.3, -0.25) is 4.79 Å². The molecular weight excluding hydrogens is 274 g/mol. The smallest absolute Gasteiger partial charge is 0.223 e. The number of amides is 1. The minimum absolute atomic E-state index is 0.0162. The second-order valence-electron chi connectivity index (χ2n) is 7.54. The number of sulfone groups is 1. The maximum atomic E-state index is 12.2. The van der Waals surface area contributed by atoms with E-state index in [0.29, 0.717) is 32.4 Å². The van der Waals surface area contributed by atoms with Gasteiger partial charge in [-0.1, -0.05) is 34.6 Å². The number of likely N-dealkylation sites (tertiary alicyclic amines) is 1. The van der Waals surface area contributed by atoms with Crippen molar-refractivity contribution in [3.05, 3.63) is 0 Å². The summed E-state index contributed by atoms with van der Waals surface area (Å²) in [6.45, 7) is 11.2. The summed E-state index contributed by atoms with van der Waals surface area (Å²) in [5.41, 5.74) is -0.0162. The van der Waals surface area contributed by atoms with E-state index in [1.165, 1.54) is 0 Å². The molecular formula is C15H29NO3S. The first-order chi connectivity index (χ1) is 9.01. The zero-order chi connectivity index (χ0) is 15.6. The molecule has 0 bridgehead atoms. The van der Waals surface area contributed by atoms with E-state index in [9.17, 15) is 13.2 Å². The first-order valence-corrected chi connectivity index (χ1v) is 9.22. The zero-order valence-corrected chi connectivity index (χ0v) is 14.3. The molecule has 4 nitrogen and oxygen atoms in total. The molecule has 0 N–H and O–H groups in total. The molecule has 1 amide bonds. The molecule has 0 aliphatic carbocycles. The van der Waals surface area contributed by atoms with Gasteiger partial charge in [-0.15, -0.1) is 0 Å². The van der Waals surface area contributed by atoms with Crippen molar-refractivity contribution in [3.8, 4) is 0 Å². The number of carbonyl (C=O) groups is 1. The third-order valence-corrected chi connectivity index (χ3v) is 6.17. The molecule has 0 aromatic rings. The van der Waals surface area contributed by atoms with Crippen LogP contribution in [0, 0.1) is 11.3 Å². The highest BCUT2D eigenvalue weighted by atomic mass is 32.2. The monoisotopic (exact) mass is 303 g/mol. The summed E-state index contributed by atoms with van der Waals surface area (Å²) in [6.07, 6.45) is 1.70. The molecule has 1 aliphatic rings. The minimum Gasteiger partial charge on any atom is -0.343 e. The maximum absolute atomic E-state index is 12.2. The Morgan fingerprint density at radius 1 is 1.20 bits per heavy atom. The van der Waals surface area contributed by atoms with Crippen molar-refractivity contribution in [2.45, 2.75) is 59.1 Å². The van der Waals surface area contributed by atoms with Crippen LogP contribution in [0.25, 0.3) is 0 Å². The molecule has 1 aliphatic heterocycles. The van der Waals surface area contributed by atoms with E-state index in [4.69, 9.17) is 0 Å². The molecule has 0 aromatic carbocycles. The summed E-state index contributed by atoms with van der Waals surface area (Å²) >= 11 is 0. The predicted molar refractivity (Wildman–Crippen MR) is 82.3 cm³/mol. The average molecular weight is 303 g/mol. The molecule has 0 radical (unpaired) electrons. The van der Waals surface area contributed by atoms with Gasteiger partial charge in [0.2, 0.25) is 5.91 Å². The molecule has 1 heterocycles. The zero-order valence-electron chi connectivity index (χ0n) is 13.5. The van der Waals surface area contributed by atoms with E-state index in [1.807, 2.05) is 39.5 Å². The van der Waals surface area contributed by atoms with Crippen LogP contribution in [-0.2, 0) is 14.6 Å². The lowest BCUT2D eigenvalue weighted by molar-refractivity contribution is -0.133. The van der Waals surface area contributed by atoms with E-state index < -0.39 is 9.84 Å². The third kappa shape index (κ3) is 5.43. The number of piperidine rings is 1. The molecule has 0 unspecified atom stereocenters. The van der Waals surface area contributed by atoms with Crippen LogP contribution < -0.4 is 0 Å². The highest BCUT2D eigenvalue weighted by molar-refractivity contribution is 7.92. The van der Waals surface area contributed by atoms with Crippen LogP contribution in [0.5, 0.6) is 0 Å². The standard InChI is InChI=1S/C15H29NO3S/c1-12(2)11-20(18,19)13-6-8-16(9-7-13)14(17)10-15(3,4)5/h12-13H,6-11H2,1-5H3. The van der Waals surface area contributed by atoms with Crippen molar-refractivity contribution in [2.24, 2.45) is 11.3 Å². The Kier molecular flexibility index (Phi) is 5.64. The fourth-order valence-corrected chi connectivity index (χ4v) is 4.76. The van der Waals surface area contributed by atoms with Gasteiger partial charge in [0.15, 0.2) is 9.84 Å². The van der Waals surface area contributed by atoms with Crippen LogP contribution >= 0.6 is 0 Å². The van der Waals surface area contributed by atoms with E-state index in [1.54, 1.807) is 0 Å². The van der Waals surface area contributed by atoms with Gasteiger partial charge in [-0.05, 0) is 24.2 Å². The maximum Gasteiger partial charge on any atom is 0.223 e. The Bertz CT molecular complexity index is 427. The second kappa shape index (κ2) is 6.46. The van der Waals surface area contributed by atoms with E-state index in [0.717, 1.165) is 0 Å². The minimum atomic E-state index is -3.00. The quantitative estimate of drug-likeness (QED) is 0.802. The Hall–Kier alpha value is -0.580. The molecule has 0 saturated carbocycles. The van der Waals surface area contributed by atoms with Crippen molar-refractivity contribution in [1.29, 1.82) is 0 Å². The summed E-state index contributed by atoms with van der Waals surface area (Å²) in [4.78, 5) is 14.0. The summed E-state index contributed by atoms with van der Waals surface area (Å²) in [5, 5.41) is -0.261. The highest BCUT2D eigenvalue weighted by Gasteiger charge is 2.32. The third-order valence-electron chi connectivity index (χ3n) is 3.55. The van der Waals surface area contributed by atoms with E-state index in [2.05, 4.69) is 0 Å². The fourth-order valence-electron chi connectivity index (χ4n) is 2.63. The second-order valence-corrected chi connectivity index (χ2v) is 9.87. The van der Waals surface area contributed by atoms with Gasteiger partial charge >= 0.3 is 0 Å². The molecule has 118 valence electrons. The number of hydrogen-bond acceptors (Lipinski definition) is 3. The number of hydrogen-bond donors (Lipinski definition) is 0. The lowest BCUT2D eigenvalue weighted by Crippen LogP contribution is -2.44. The van der Waals surface area contributed by atoms with Crippen LogP contribution in [0.2, 0.25) is 0 Å². The molecule has 1 fully saturated rings. The normalized spacial score (nSPS) is 18.6. The molecule has 0 atom stereocenters. The molecule has 1 rings (SSSR count). The Labute approximate surface area is 123 Å². The van der Waals surface area contributed by atoms with Crippen LogP contribution in [0.4, 0.5) is 0 Å². The molecule has 0 spiro atoms. The van der Waals surface area contributed by atoms with Crippen LogP contribution in [0.3, 0.4) is 0 Å². The van der Waals surface area contributed by atoms with Crippen LogP contribution in [0.1, 0.15) is 53.9 Å². The van der Waals surface area contributed by atoms with Gasteiger partial charge in [0.1, 0.15) is 0 Å². The van der Waals surface area contributed by atoms with E-state index in [-0.39, 0.29) is 28.2 Å². The fraction of sp³-hybridized carbons (Fsp3) is 0.933. The molecule has 20 heavy (non-hydrogen) atoms. The largest absolute Gasteiger partial charge is 0.343 e. The summed E-state index contributed by atoms with van der Waals surface area (Å²) in [7, 11) is -3.00. The lowest BCUT2D eigenvalue weighted by Gasteiger charge is -2.33. The number of rotatable bonds is 4. The van der Waals surface area contributed by atoms with E-state index >= 15 is 0 Å². The Morgan fingerprint density at radius 3 is 2.10 bits per heavy atom. The predicted octanol–water partition coefficient (Wildman–Crippen LogP) is 2.48. The van der Waals surface area contributed by atoms with Gasteiger partial charge in [0.05, 0.1) is 11.0 Å². The van der Waals surface area contributed by atoms with Gasteiger partial charge in [-0.2, -0.15) is 0 Å².